The summed E-state index contributed by atoms with van der Waals surface area (Å²) in [6.45, 7) is 9.26. The van der Waals surface area contributed by atoms with Crippen LogP contribution >= 0.6 is 0 Å². The second-order valence-electron chi connectivity index (χ2n) is 5.45. The first kappa shape index (κ1) is 15.9. The topological polar surface area (TPSA) is 33.8 Å². The Morgan fingerprint density at radius 2 is 1.89 bits per heavy atom. The number of hydrogen-bond acceptors (Lipinski definition) is 5. The Balaban J connectivity index is 2.39. The average molecular weight is 257 g/mol. The maximum Gasteiger partial charge on any atom is 0.0348 e. The second kappa shape index (κ2) is 8.82. The zero-order chi connectivity index (χ0) is 13.4. The van der Waals surface area contributed by atoms with Gasteiger partial charge in [-0.05, 0) is 28.2 Å². The van der Waals surface area contributed by atoms with Gasteiger partial charge in [-0.1, -0.05) is 0 Å². The van der Waals surface area contributed by atoms with E-state index in [1.165, 1.54) is 26.2 Å². The SMILES string of the molecule is CNCCN1CCN(CCN(C)C)C(CNC)C1. The smallest absolute Gasteiger partial charge is 0.0348 e. The Kier molecular flexibility index (Phi) is 7.77. The van der Waals surface area contributed by atoms with Crippen LogP contribution in [-0.2, 0) is 0 Å². The Bertz CT molecular complexity index is 210. The summed E-state index contributed by atoms with van der Waals surface area (Å²) in [5, 5.41) is 6.57. The molecule has 1 saturated heterocycles. The average Bonchev–Trinajstić information content (AvgIpc) is 2.35. The standard InChI is InChI=1S/C13H31N5/c1-14-5-6-17-8-10-18(9-7-16(3)4)13(12-17)11-15-2/h13-15H,5-12H2,1-4H3. The van der Waals surface area contributed by atoms with Crippen LogP contribution in [0.4, 0.5) is 0 Å². The van der Waals surface area contributed by atoms with Crippen molar-refractivity contribution in [2.45, 2.75) is 6.04 Å². The lowest BCUT2D eigenvalue weighted by Gasteiger charge is -2.42. The molecule has 0 aromatic rings. The van der Waals surface area contributed by atoms with E-state index >= 15 is 0 Å². The minimum atomic E-state index is 0.653. The molecule has 0 radical (unpaired) electrons. The molecule has 108 valence electrons. The van der Waals surface area contributed by atoms with Gasteiger partial charge in [0, 0.05) is 58.4 Å². The first-order valence-corrected chi connectivity index (χ1v) is 7.07. The first-order chi connectivity index (χ1) is 8.67. The van der Waals surface area contributed by atoms with Gasteiger partial charge in [-0.2, -0.15) is 0 Å². The van der Waals surface area contributed by atoms with Crippen LogP contribution in [0.1, 0.15) is 0 Å². The summed E-state index contributed by atoms with van der Waals surface area (Å²) in [4.78, 5) is 7.47. The summed E-state index contributed by atoms with van der Waals surface area (Å²) in [5.41, 5.74) is 0. The number of likely N-dealkylation sites (N-methyl/N-ethyl adjacent to an activating group) is 3. The molecular weight excluding hydrogens is 226 g/mol. The van der Waals surface area contributed by atoms with E-state index in [2.05, 4.69) is 46.5 Å². The van der Waals surface area contributed by atoms with Gasteiger partial charge in [0.25, 0.3) is 0 Å². The molecule has 1 fully saturated rings. The van der Waals surface area contributed by atoms with Crippen LogP contribution in [0.2, 0.25) is 0 Å². The molecule has 1 aliphatic rings. The molecule has 0 amide bonds. The van der Waals surface area contributed by atoms with Crippen molar-refractivity contribution >= 4 is 0 Å². The Morgan fingerprint density at radius 3 is 2.50 bits per heavy atom. The maximum absolute atomic E-state index is 3.33. The van der Waals surface area contributed by atoms with Crippen molar-refractivity contribution < 1.29 is 0 Å². The third-order valence-corrected chi connectivity index (χ3v) is 3.64. The molecule has 0 spiro atoms. The summed E-state index contributed by atoms with van der Waals surface area (Å²) < 4.78 is 0. The quantitative estimate of drug-likeness (QED) is 0.581. The molecule has 5 heteroatoms. The molecule has 1 rings (SSSR count). The highest BCUT2D eigenvalue weighted by molar-refractivity contribution is 4.83. The molecule has 0 aromatic heterocycles. The summed E-state index contributed by atoms with van der Waals surface area (Å²) >= 11 is 0. The van der Waals surface area contributed by atoms with Gasteiger partial charge in [0.15, 0.2) is 0 Å². The highest BCUT2D eigenvalue weighted by Gasteiger charge is 2.25. The third-order valence-electron chi connectivity index (χ3n) is 3.64. The van der Waals surface area contributed by atoms with Crippen molar-refractivity contribution in [3.8, 4) is 0 Å². The van der Waals surface area contributed by atoms with Crippen LogP contribution < -0.4 is 10.6 Å². The predicted molar refractivity (Wildman–Crippen MR) is 78.2 cm³/mol. The zero-order valence-corrected chi connectivity index (χ0v) is 12.6. The lowest BCUT2D eigenvalue weighted by Crippen LogP contribution is -2.57. The molecule has 5 nitrogen and oxygen atoms in total. The molecule has 1 unspecified atom stereocenters. The Labute approximate surface area is 112 Å². The van der Waals surface area contributed by atoms with E-state index in [0.717, 1.165) is 26.2 Å². The Morgan fingerprint density at radius 1 is 1.11 bits per heavy atom. The molecule has 0 saturated carbocycles. The van der Waals surface area contributed by atoms with E-state index in [-0.39, 0.29) is 0 Å². The van der Waals surface area contributed by atoms with Crippen molar-refractivity contribution in [3.05, 3.63) is 0 Å². The molecule has 18 heavy (non-hydrogen) atoms. The summed E-state index contributed by atoms with van der Waals surface area (Å²) in [5.74, 6) is 0. The second-order valence-corrected chi connectivity index (χ2v) is 5.45. The number of rotatable bonds is 8. The van der Waals surface area contributed by atoms with Gasteiger partial charge in [0.1, 0.15) is 0 Å². The zero-order valence-electron chi connectivity index (χ0n) is 12.6. The van der Waals surface area contributed by atoms with Crippen LogP contribution in [0.15, 0.2) is 0 Å². The molecule has 0 bridgehead atoms. The maximum atomic E-state index is 3.33. The van der Waals surface area contributed by atoms with Crippen LogP contribution in [-0.4, -0.2) is 101 Å². The largest absolute Gasteiger partial charge is 0.318 e. The van der Waals surface area contributed by atoms with Crippen LogP contribution in [0.25, 0.3) is 0 Å². The number of piperazine rings is 1. The Hall–Kier alpha value is -0.200. The predicted octanol–water partition coefficient (Wildman–Crippen LogP) is -1.03. The van der Waals surface area contributed by atoms with Crippen molar-refractivity contribution in [1.29, 1.82) is 0 Å². The van der Waals surface area contributed by atoms with E-state index in [1.807, 2.05) is 7.05 Å². The van der Waals surface area contributed by atoms with Crippen LogP contribution in [0.5, 0.6) is 0 Å². The highest BCUT2D eigenvalue weighted by Crippen LogP contribution is 2.08. The van der Waals surface area contributed by atoms with Gasteiger partial charge >= 0.3 is 0 Å². The summed E-state index contributed by atoms with van der Waals surface area (Å²) in [6, 6.07) is 0.653. The molecule has 0 aromatic carbocycles. The summed E-state index contributed by atoms with van der Waals surface area (Å²) in [7, 11) is 8.38. The lowest BCUT2D eigenvalue weighted by molar-refractivity contribution is 0.0706. The molecule has 0 aliphatic carbocycles. The van der Waals surface area contributed by atoms with Crippen molar-refractivity contribution in [1.82, 2.24) is 25.3 Å². The molecule has 1 heterocycles. The molecule has 2 N–H and O–H groups in total. The van der Waals surface area contributed by atoms with E-state index in [9.17, 15) is 0 Å². The van der Waals surface area contributed by atoms with Gasteiger partial charge in [0.05, 0.1) is 0 Å². The minimum absolute atomic E-state index is 0.653. The minimum Gasteiger partial charge on any atom is -0.318 e. The number of nitrogens with zero attached hydrogens (tertiary/aromatic N) is 3. The first-order valence-electron chi connectivity index (χ1n) is 7.07. The lowest BCUT2D eigenvalue weighted by atomic mass is 10.1. The fourth-order valence-electron chi connectivity index (χ4n) is 2.48. The van der Waals surface area contributed by atoms with E-state index in [0.29, 0.717) is 6.04 Å². The van der Waals surface area contributed by atoms with Crippen molar-refractivity contribution in [3.63, 3.8) is 0 Å². The van der Waals surface area contributed by atoms with Gasteiger partial charge in [-0.15, -0.1) is 0 Å². The fraction of sp³-hybridized carbons (Fsp3) is 1.00. The van der Waals surface area contributed by atoms with Crippen LogP contribution in [0.3, 0.4) is 0 Å². The highest BCUT2D eigenvalue weighted by atomic mass is 15.3. The van der Waals surface area contributed by atoms with Crippen molar-refractivity contribution in [2.75, 3.05) is 80.5 Å². The normalized spacial score (nSPS) is 22.8. The van der Waals surface area contributed by atoms with E-state index < -0.39 is 0 Å². The number of nitrogens with one attached hydrogen (secondary N) is 2. The monoisotopic (exact) mass is 257 g/mol. The van der Waals surface area contributed by atoms with Gasteiger partial charge in [0.2, 0.25) is 0 Å². The van der Waals surface area contributed by atoms with E-state index in [4.69, 9.17) is 0 Å². The van der Waals surface area contributed by atoms with Gasteiger partial charge < -0.3 is 15.5 Å². The van der Waals surface area contributed by atoms with E-state index in [1.54, 1.807) is 0 Å². The molecular formula is C13H31N5. The third kappa shape index (κ3) is 5.63. The van der Waals surface area contributed by atoms with Gasteiger partial charge in [-0.3, -0.25) is 9.80 Å². The molecule has 1 atom stereocenters. The number of hydrogen-bond donors (Lipinski definition) is 2. The van der Waals surface area contributed by atoms with Gasteiger partial charge in [-0.25, -0.2) is 0 Å². The fourth-order valence-corrected chi connectivity index (χ4v) is 2.48. The van der Waals surface area contributed by atoms with Crippen LogP contribution in [0, 0.1) is 0 Å². The summed E-state index contributed by atoms with van der Waals surface area (Å²) in [6.07, 6.45) is 0. The van der Waals surface area contributed by atoms with Crippen molar-refractivity contribution in [2.24, 2.45) is 0 Å². The molecule has 1 aliphatic heterocycles.